The molecule has 2 aliphatic rings. The van der Waals surface area contributed by atoms with Crippen LogP contribution in [0.4, 0.5) is 13.2 Å². The van der Waals surface area contributed by atoms with Gasteiger partial charge in [-0.3, -0.25) is 9.59 Å². The molecule has 0 radical (unpaired) electrons. The monoisotopic (exact) mass is 555 g/mol. The summed E-state index contributed by atoms with van der Waals surface area (Å²) in [6, 6.07) is 7.59. The lowest BCUT2D eigenvalue weighted by Gasteiger charge is -2.29. The molecule has 210 valence electrons. The number of phenolic OH excluding ortho intramolecular Hbond substituents is 1. The zero-order chi connectivity index (χ0) is 28.4. The van der Waals surface area contributed by atoms with E-state index in [1.54, 1.807) is 6.07 Å². The lowest BCUT2D eigenvalue weighted by molar-refractivity contribution is 0.0915. The Labute approximate surface area is 228 Å². The number of aromatic nitrogens is 1. The summed E-state index contributed by atoms with van der Waals surface area (Å²) in [5.74, 6) is -3.80. The van der Waals surface area contributed by atoms with Gasteiger partial charge in [-0.05, 0) is 73.9 Å². The van der Waals surface area contributed by atoms with Crippen LogP contribution in [0, 0.1) is 23.4 Å². The number of Topliss-reactive ketones (excluding diaryl/α,β-unsaturated/α-hetero) is 1. The first-order valence-corrected chi connectivity index (χ1v) is 13.0. The number of halogens is 3. The summed E-state index contributed by atoms with van der Waals surface area (Å²) in [7, 11) is 0. The van der Waals surface area contributed by atoms with Crippen molar-refractivity contribution in [3.8, 4) is 17.4 Å². The molecule has 2 fully saturated rings. The molecule has 2 heterocycles. The van der Waals surface area contributed by atoms with Crippen molar-refractivity contribution in [1.29, 1.82) is 0 Å². The fraction of sp³-hybridized carbons (Fsp3) is 0.345. The SMILES string of the molecule is O=C(NC1CCC(CC2NC2C(=O)c2cc(F)cnc2Oc2ccc(F)c(F)c2)CC1)c1cc(CO)ccc1O. The zero-order valence-corrected chi connectivity index (χ0v) is 21.4. The molecule has 2 atom stereocenters. The normalized spacial score (nSPS) is 22.0. The number of carbonyl (C=O) groups excluding carboxylic acids is 2. The van der Waals surface area contributed by atoms with Crippen LogP contribution in [0.15, 0.2) is 48.7 Å². The average Bonchev–Trinajstić information content (AvgIpc) is 3.71. The zero-order valence-electron chi connectivity index (χ0n) is 21.4. The van der Waals surface area contributed by atoms with Gasteiger partial charge in [0.15, 0.2) is 17.4 Å². The van der Waals surface area contributed by atoms with E-state index in [9.17, 15) is 33.0 Å². The van der Waals surface area contributed by atoms with Crippen molar-refractivity contribution in [3.05, 3.63) is 82.8 Å². The maximum atomic E-state index is 14.0. The molecule has 5 rings (SSSR count). The first kappa shape index (κ1) is 27.6. The Bertz CT molecular complexity index is 1430. The number of phenols is 1. The number of hydrogen-bond donors (Lipinski definition) is 4. The van der Waals surface area contributed by atoms with Crippen LogP contribution >= 0.6 is 0 Å². The third-order valence-electron chi connectivity index (χ3n) is 7.42. The summed E-state index contributed by atoms with van der Waals surface area (Å²) in [4.78, 5) is 29.6. The Morgan fingerprint density at radius 2 is 1.77 bits per heavy atom. The molecule has 0 spiro atoms. The highest BCUT2D eigenvalue weighted by atomic mass is 19.2. The predicted molar refractivity (Wildman–Crippen MR) is 138 cm³/mol. The molecule has 4 N–H and O–H groups in total. The summed E-state index contributed by atoms with van der Waals surface area (Å²) >= 11 is 0. The highest BCUT2D eigenvalue weighted by molar-refractivity contribution is 6.04. The van der Waals surface area contributed by atoms with Gasteiger partial charge in [-0.15, -0.1) is 0 Å². The Hall–Kier alpha value is -3.96. The van der Waals surface area contributed by atoms with Crippen molar-refractivity contribution in [2.75, 3.05) is 0 Å². The fourth-order valence-corrected chi connectivity index (χ4v) is 5.17. The van der Waals surface area contributed by atoms with E-state index in [0.29, 0.717) is 11.5 Å². The lowest BCUT2D eigenvalue weighted by Crippen LogP contribution is -2.38. The third kappa shape index (κ3) is 6.26. The van der Waals surface area contributed by atoms with Crippen LogP contribution in [0.2, 0.25) is 0 Å². The predicted octanol–water partition coefficient (Wildman–Crippen LogP) is 4.39. The number of rotatable bonds is 9. The Morgan fingerprint density at radius 3 is 2.50 bits per heavy atom. The number of nitrogens with zero attached hydrogens (tertiary/aromatic N) is 1. The minimum Gasteiger partial charge on any atom is -0.507 e. The lowest BCUT2D eigenvalue weighted by atomic mass is 9.82. The van der Waals surface area contributed by atoms with Crippen molar-refractivity contribution in [2.24, 2.45) is 5.92 Å². The topological polar surface area (TPSA) is 131 Å². The van der Waals surface area contributed by atoms with Crippen LogP contribution in [0.5, 0.6) is 17.4 Å². The molecule has 1 aliphatic carbocycles. The smallest absolute Gasteiger partial charge is 0.255 e. The number of ether oxygens (including phenoxy) is 1. The number of aliphatic hydroxyl groups is 1. The van der Waals surface area contributed by atoms with Gasteiger partial charge in [0.2, 0.25) is 5.88 Å². The molecule has 40 heavy (non-hydrogen) atoms. The molecule has 3 aromatic rings. The molecule has 1 saturated carbocycles. The number of amides is 1. The summed E-state index contributed by atoms with van der Waals surface area (Å²) in [6.07, 6.45) is 4.74. The van der Waals surface area contributed by atoms with Gasteiger partial charge in [0.25, 0.3) is 5.91 Å². The Morgan fingerprint density at radius 1 is 1.00 bits per heavy atom. The molecule has 11 heteroatoms. The number of aromatic hydroxyl groups is 1. The molecule has 0 bridgehead atoms. The van der Waals surface area contributed by atoms with E-state index in [1.807, 2.05) is 0 Å². The standard InChI is InChI=1S/C29H28F3N3O5/c30-17-11-21(29(33-13-17)40-19-6-7-22(31)23(32)12-19)27(38)26-24(35-26)10-15-1-4-18(5-2-15)34-28(39)20-9-16(14-36)3-8-25(20)37/h3,6-9,11-13,15,18,24,26,35-37H,1-2,4-5,10,14H2,(H,34,39). The van der Waals surface area contributed by atoms with Gasteiger partial charge in [0, 0.05) is 18.2 Å². The number of aliphatic hydroxyl groups excluding tert-OH is 1. The fourth-order valence-electron chi connectivity index (χ4n) is 5.17. The number of benzene rings is 2. The van der Waals surface area contributed by atoms with E-state index < -0.39 is 35.2 Å². The molecule has 1 saturated heterocycles. The van der Waals surface area contributed by atoms with E-state index in [1.165, 1.54) is 18.2 Å². The molecule has 2 aromatic carbocycles. The van der Waals surface area contributed by atoms with Gasteiger partial charge >= 0.3 is 0 Å². The van der Waals surface area contributed by atoms with Gasteiger partial charge in [0.1, 0.15) is 17.3 Å². The van der Waals surface area contributed by atoms with Gasteiger partial charge < -0.3 is 25.6 Å². The van der Waals surface area contributed by atoms with Gasteiger partial charge in [-0.1, -0.05) is 6.07 Å². The summed E-state index contributed by atoms with van der Waals surface area (Å²) in [5, 5.41) is 25.4. The van der Waals surface area contributed by atoms with E-state index in [-0.39, 0.29) is 47.2 Å². The van der Waals surface area contributed by atoms with Crippen molar-refractivity contribution >= 4 is 11.7 Å². The quantitative estimate of drug-likeness (QED) is 0.228. The van der Waals surface area contributed by atoms with Crippen LogP contribution in [0.1, 0.15) is 58.4 Å². The molecule has 2 unspecified atom stereocenters. The van der Waals surface area contributed by atoms with Crippen molar-refractivity contribution in [2.45, 2.75) is 56.8 Å². The summed E-state index contributed by atoms with van der Waals surface area (Å²) < 4.78 is 46.3. The molecule has 8 nitrogen and oxygen atoms in total. The maximum absolute atomic E-state index is 14.0. The molecular weight excluding hydrogens is 527 g/mol. The van der Waals surface area contributed by atoms with E-state index >= 15 is 0 Å². The molecule has 1 aliphatic heterocycles. The van der Waals surface area contributed by atoms with E-state index in [2.05, 4.69) is 15.6 Å². The number of carbonyl (C=O) groups is 2. The number of ketones is 1. The molecular formula is C29H28F3N3O5. The first-order valence-electron chi connectivity index (χ1n) is 13.0. The number of hydrogen-bond acceptors (Lipinski definition) is 7. The Kier molecular flexibility index (Phi) is 8.04. The minimum atomic E-state index is -1.13. The molecule has 1 amide bonds. The van der Waals surface area contributed by atoms with E-state index in [0.717, 1.165) is 56.5 Å². The second kappa shape index (κ2) is 11.6. The van der Waals surface area contributed by atoms with Crippen LogP contribution in [0.25, 0.3) is 0 Å². The second-order valence-corrected chi connectivity index (χ2v) is 10.2. The largest absolute Gasteiger partial charge is 0.507 e. The van der Waals surface area contributed by atoms with Crippen LogP contribution < -0.4 is 15.4 Å². The van der Waals surface area contributed by atoms with Gasteiger partial charge in [-0.25, -0.2) is 18.2 Å². The van der Waals surface area contributed by atoms with Crippen molar-refractivity contribution < 1.29 is 37.7 Å². The van der Waals surface area contributed by atoms with E-state index in [4.69, 9.17) is 4.74 Å². The Balaban J connectivity index is 1.14. The second-order valence-electron chi connectivity index (χ2n) is 10.2. The summed E-state index contributed by atoms with van der Waals surface area (Å²) in [5.41, 5.74) is 0.561. The van der Waals surface area contributed by atoms with Gasteiger partial charge in [-0.2, -0.15) is 0 Å². The minimum absolute atomic E-state index is 0.0557. The van der Waals surface area contributed by atoms with Crippen LogP contribution in [-0.4, -0.2) is 45.0 Å². The third-order valence-corrected chi connectivity index (χ3v) is 7.42. The highest BCUT2D eigenvalue weighted by Gasteiger charge is 2.45. The highest BCUT2D eigenvalue weighted by Crippen LogP contribution is 2.34. The number of nitrogens with one attached hydrogen (secondary N) is 2. The summed E-state index contributed by atoms with van der Waals surface area (Å²) in [6.45, 7) is -0.233. The van der Waals surface area contributed by atoms with Crippen molar-refractivity contribution in [3.63, 3.8) is 0 Å². The van der Waals surface area contributed by atoms with Crippen LogP contribution in [0.3, 0.4) is 0 Å². The average molecular weight is 556 g/mol. The maximum Gasteiger partial charge on any atom is 0.255 e. The number of pyridine rings is 1. The van der Waals surface area contributed by atoms with Crippen molar-refractivity contribution in [1.82, 2.24) is 15.6 Å². The van der Waals surface area contributed by atoms with Gasteiger partial charge in [0.05, 0.1) is 30.0 Å². The molecule has 1 aromatic heterocycles. The first-order chi connectivity index (χ1) is 19.2. The van der Waals surface area contributed by atoms with Crippen LogP contribution in [-0.2, 0) is 6.61 Å².